The van der Waals surface area contributed by atoms with E-state index in [0.29, 0.717) is 5.56 Å². The number of aryl methyl sites for hydroxylation is 1. The van der Waals surface area contributed by atoms with Gasteiger partial charge < -0.3 is 15.5 Å². The first-order chi connectivity index (χ1) is 7.02. The first-order valence-corrected chi connectivity index (χ1v) is 4.77. The second-order valence-corrected chi connectivity index (χ2v) is 3.53. The average molecular weight is 209 g/mol. The molecule has 0 aliphatic carbocycles. The van der Waals surface area contributed by atoms with Gasteiger partial charge in [-0.15, -0.1) is 0 Å². The molecule has 0 aliphatic heterocycles. The highest BCUT2D eigenvalue weighted by atomic mass is 16.3. The summed E-state index contributed by atoms with van der Waals surface area (Å²) < 4.78 is 0. The highest BCUT2D eigenvalue weighted by molar-refractivity contribution is 5.97. The van der Waals surface area contributed by atoms with Gasteiger partial charge in [0, 0.05) is 6.54 Å². The highest BCUT2D eigenvalue weighted by Crippen LogP contribution is 2.20. The molecule has 0 saturated carbocycles. The van der Waals surface area contributed by atoms with Crippen molar-refractivity contribution in [2.45, 2.75) is 20.0 Å². The van der Waals surface area contributed by atoms with Crippen LogP contribution in [0.3, 0.4) is 0 Å². The lowest BCUT2D eigenvalue weighted by molar-refractivity contribution is 0.0921. The van der Waals surface area contributed by atoms with Crippen LogP contribution in [0.2, 0.25) is 0 Å². The van der Waals surface area contributed by atoms with E-state index in [4.69, 9.17) is 5.11 Å². The van der Waals surface area contributed by atoms with E-state index in [9.17, 15) is 9.90 Å². The summed E-state index contributed by atoms with van der Waals surface area (Å²) in [5.41, 5.74) is 0.885. The quantitative estimate of drug-likeness (QED) is 0.690. The maximum absolute atomic E-state index is 11.5. The van der Waals surface area contributed by atoms with Gasteiger partial charge in [-0.2, -0.15) is 0 Å². The number of phenols is 1. The SMILES string of the molecule is Cc1cccc(C(=O)NCC(C)O)c1O. The van der Waals surface area contributed by atoms with E-state index in [-0.39, 0.29) is 23.8 Å². The zero-order chi connectivity index (χ0) is 11.4. The summed E-state index contributed by atoms with van der Waals surface area (Å²) in [6.45, 7) is 3.48. The molecule has 1 amide bonds. The van der Waals surface area contributed by atoms with Crippen molar-refractivity contribution in [2.75, 3.05) is 6.54 Å². The van der Waals surface area contributed by atoms with Crippen LogP contribution in [-0.2, 0) is 0 Å². The lowest BCUT2D eigenvalue weighted by atomic mass is 10.1. The van der Waals surface area contributed by atoms with Crippen LogP contribution in [0.25, 0.3) is 0 Å². The molecule has 4 heteroatoms. The van der Waals surface area contributed by atoms with E-state index < -0.39 is 6.10 Å². The van der Waals surface area contributed by atoms with E-state index in [2.05, 4.69) is 5.32 Å². The van der Waals surface area contributed by atoms with Crippen molar-refractivity contribution in [2.24, 2.45) is 0 Å². The van der Waals surface area contributed by atoms with Gasteiger partial charge in [-0.05, 0) is 25.5 Å². The summed E-state index contributed by atoms with van der Waals surface area (Å²) in [4.78, 5) is 11.5. The molecule has 0 aliphatic rings. The predicted molar refractivity (Wildman–Crippen MR) is 56.9 cm³/mol. The smallest absolute Gasteiger partial charge is 0.255 e. The molecule has 4 nitrogen and oxygen atoms in total. The minimum absolute atomic E-state index is 0.0133. The molecule has 0 radical (unpaired) electrons. The fourth-order valence-corrected chi connectivity index (χ4v) is 1.18. The van der Waals surface area contributed by atoms with E-state index in [1.807, 2.05) is 0 Å². The highest BCUT2D eigenvalue weighted by Gasteiger charge is 2.12. The molecule has 0 spiro atoms. The second kappa shape index (κ2) is 4.79. The van der Waals surface area contributed by atoms with Gasteiger partial charge in [0.25, 0.3) is 5.91 Å². The normalized spacial score (nSPS) is 12.2. The van der Waals surface area contributed by atoms with Crippen LogP contribution in [-0.4, -0.2) is 28.8 Å². The van der Waals surface area contributed by atoms with Crippen molar-refractivity contribution < 1.29 is 15.0 Å². The van der Waals surface area contributed by atoms with Crippen molar-refractivity contribution in [3.8, 4) is 5.75 Å². The third kappa shape index (κ3) is 2.95. The van der Waals surface area contributed by atoms with Crippen LogP contribution in [0, 0.1) is 6.92 Å². The molecular formula is C11H15NO3. The number of hydrogen-bond donors (Lipinski definition) is 3. The van der Waals surface area contributed by atoms with Crippen molar-refractivity contribution >= 4 is 5.91 Å². The minimum Gasteiger partial charge on any atom is -0.507 e. The van der Waals surface area contributed by atoms with Crippen LogP contribution in [0.15, 0.2) is 18.2 Å². The van der Waals surface area contributed by atoms with Crippen molar-refractivity contribution in [1.29, 1.82) is 0 Å². The largest absolute Gasteiger partial charge is 0.507 e. The molecule has 0 saturated heterocycles. The van der Waals surface area contributed by atoms with Gasteiger partial charge in [0.05, 0.1) is 11.7 Å². The molecular weight excluding hydrogens is 194 g/mol. The predicted octanol–water partition coefficient (Wildman–Crippen LogP) is 0.811. The molecule has 1 atom stereocenters. The standard InChI is InChI=1S/C11H15NO3/c1-7-4-3-5-9(10(7)14)11(15)12-6-8(2)13/h3-5,8,13-14H,6H2,1-2H3,(H,12,15). The summed E-state index contributed by atoms with van der Waals surface area (Å²) >= 11 is 0. The molecule has 1 unspecified atom stereocenters. The summed E-state index contributed by atoms with van der Waals surface area (Å²) in [6.07, 6.45) is -0.596. The summed E-state index contributed by atoms with van der Waals surface area (Å²) in [5.74, 6) is -0.391. The van der Waals surface area contributed by atoms with E-state index in [1.165, 1.54) is 0 Å². The fraction of sp³-hybridized carbons (Fsp3) is 0.364. The zero-order valence-corrected chi connectivity index (χ0v) is 8.82. The average Bonchev–Trinajstić information content (AvgIpc) is 2.18. The Balaban J connectivity index is 2.78. The Kier molecular flexibility index (Phi) is 3.68. The number of aliphatic hydroxyl groups excluding tert-OH is 1. The maximum Gasteiger partial charge on any atom is 0.255 e. The van der Waals surface area contributed by atoms with Gasteiger partial charge in [0.1, 0.15) is 5.75 Å². The van der Waals surface area contributed by atoms with Crippen LogP contribution in [0.5, 0.6) is 5.75 Å². The number of aliphatic hydroxyl groups is 1. The molecule has 1 aromatic carbocycles. The topological polar surface area (TPSA) is 69.6 Å². The van der Waals surface area contributed by atoms with Gasteiger partial charge in [0.2, 0.25) is 0 Å². The summed E-state index contributed by atoms with van der Waals surface area (Å²) in [5, 5.41) is 21.1. The number of para-hydroxylation sites is 1. The molecule has 0 bridgehead atoms. The molecule has 1 aromatic rings. The zero-order valence-electron chi connectivity index (χ0n) is 8.82. The Morgan fingerprint density at radius 3 is 2.80 bits per heavy atom. The van der Waals surface area contributed by atoms with E-state index in [0.717, 1.165) is 0 Å². The van der Waals surface area contributed by atoms with Crippen LogP contribution in [0.1, 0.15) is 22.8 Å². The van der Waals surface area contributed by atoms with Gasteiger partial charge in [-0.1, -0.05) is 12.1 Å². The number of benzene rings is 1. The maximum atomic E-state index is 11.5. The van der Waals surface area contributed by atoms with Gasteiger partial charge in [-0.25, -0.2) is 0 Å². The van der Waals surface area contributed by atoms with Gasteiger partial charge >= 0.3 is 0 Å². The number of nitrogens with one attached hydrogen (secondary N) is 1. The number of aromatic hydroxyl groups is 1. The molecule has 1 rings (SSSR count). The number of phenolic OH excluding ortho intramolecular Hbond substituents is 1. The number of rotatable bonds is 3. The van der Waals surface area contributed by atoms with Crippen LogP contribution >= 0.6 is 0 Å². The lowest BCUT2D eigenvalue weighted by Crippen LogP contribution is -2.30. The van der Waals surface area contributed by atoms with E-state index in [1.54, 1.807) is 32.0 Å². The fourth-order valence-electron chi connectivity index (χ4n) is 1.18. The van der Waals surface area contributed by atoms with Gasteiger partial charge in [-0.3, -0.25) is 4.79 Å². The Morgan fingerprint density at radius 2 is 2.20 bits per heavy atom. The number of carbonyl (C=O) groups is 1. The van der Waals surface area contributed by atoms with Crippen molar-refractivity contribution in [1.82, 2.24) is 5.32 Å². The van der Waals surface area contributed by atoms with Gasteiger partial charge in [0.15, 0.2) is 0 Å². The van der Waals surface area contributed by atoms with E-state index >= 15 is 0 Å². The first kappa shape index (κ1) is 11.5. The number of carbonyl (C=O) groups excluding carboxylic acids is 1. The minimum atomic E-state index is -0.596. The first-order valence-electron chi connectivity index (χ1n) is 4.77. The molecule has 0 aromatic heterocycles. The van der Waals surface area contributed by atoms with Crippen LogP contribution < -0.4 is 5.32 Å². The van der Waals surface area contributed by atoms with Crippen molar-refractivity contribution in [3.63, 3.8) is 0 Å². The Bertz CT molecular complexity index is 361. The molecule has 0 fully saturated rings. The Hall–Kier alpha value is -1.55. The molecule has 3 N–H and O–H groups in total. The molecule has 15 heavy (non-hydrogen) atoms. The summed E-state index contributed by atoms with van der Waals surface area (Å²) in [7, 11) is 0. The Morgan fingerprint density at radius 1 is 1.53 bits per heavy atom. The third-order valence-corrected chi connectivity index (χ3v) is 2.04. The monoisotopic (exact) mass is 209 g/mol. The van der Waals surface area contributed by atoms with Crippen LogP contribution in [0.4, 0.5) is 0 Å². The molecule has 82 valence electrons. The second-order valence-electron chi connectivity index (χ2n) is 3.53. The lowest BCUT2D eigenvalue weighted by Gasteiger charge is -2.09. The summed E-state index contributed by atoms with van der Waals surface area (Å²) in [6, 6.07) is 4.97. The Labute approximate surface area is 88.6 Å². The number of amides is 1. The molecule has 0 heterocycles. The number of hydrogen-bond acceptors (Lipinski definition) is 3. The van der Waals surface area contributed by atoms with Crippen molar-refractivity contribution in [3.05, 3.63) is 29.3 Å². The third-order valence-electron chi connectivity index (χ3n) is 2.04.